The Kier molecular flexibility index (Phi) is 7.84. The summed E-state index contributed by atoms with van der Waals surface area (Å²) in [4.78, 5) is 18.9. The minimum atomic E-state index is -0.312. The summed E-state index contributed by atoms with van der Waals surface area (Å²) in [5.41, 5.74) is 9.66. The van der Waals surface area contributed by atoms with E-state index in [4.69, 9.17) is 11.0 Å². The summed E-state index contributed by atoms with van der Waals surface area (Å²) < 4.78 is 13.9. The second kappa shape index (κ2) is 10.3. The molecule has 0 spiro atoms. The third-order valence-electron chi connectivity index (χ3n) is 5.05. The van der Waals surface area contributed by atoms with Crippen molar-refractivity contribution >= 4 is 17.9 Å². The maximum atomic E-state index is 13.9. The lowest BCUT2D eigenvalue weighted by Gasteiger charge is -2.25. The van der Waals surface area contributed by atoms with Gasteiger partial charge in [-0.05, 0) is 62.9 Å². The molecule has 2 atom stereocenters. The second-order valence-electron chi connectivity index (χ2n) is 6.99. The van der Waals surface area contributed by atoms with Crippen molar-refractivity contribution < 1.29 is 9.18 Å². The van der Waals surface area contributed by atoms with Gasteiger partial charge in [0, 0.05) is 29.1 Å². The monoisotopic (exact) mass is 395 g/mol. The first-order valence-electron chi connectivity index (χ1n) is 9.55. The molecular formula is C22H26FN5O. The Morgan fingerprint density at radius 2 is 2.10 bits per heavy atom. The van der Waals surface area contributed by atoms with Crippen LogP contribution in [0.25, 0.3) is 0 Å². The van der Waals surface area contributed by atoms with Gasteiger partial charge in [-0.15, -0.1) is 0 Å². The van der Waals surface area contributed by atoms with Crippen LogP contribution in [0.1, 0.15) is 54.6 Å². The van der Waals surface area contributed by atoms with Gasteiger partial charge in [-0.3, -0.25) is 14.8 Å². The number of nitrogens with zero attached hydrogens (tertiary/aromatic N) is 3. The molecule has 29 heavy (non-hydrogen) atoms. The van der Waals surface area contributed by atoms with Gasteiger partial charge in [0.1, 0.15) is 11.9 Å². The first kappa shape index (κ1) is 22.0. The number of halogens is 1. The third kappa shape index (κ3) is 5.85. The van der Waals surface area contributed by atoms with Crippen LogP contribution in [0.5, 0.6) is 0 Å². The molecular weight excluding hydrogens is 369 g/mol. The van der Waals surface area contributed by atoms with E-state index in [0.717, 1.165) is 30.5 Å². The van der Waals surface area contributed by atoms with E-state index in [-0.39, 0.29) is 11.9 Å². The number of hydrogen-bond acceptors (Lipinski definition) is 5. The molecule has 1 amide bonds. The van der Waals surface area contributed by atoms with Crippen molar-refractivity contribution in [1.82, 2.24) is 4.98 Å². The predicted octanol–water partition coefficient (Wildman–Crippen LogP) is 4.18. The summed E-state index contributed by atoms with van der Waals surface area (Å²) in [6, 6.07) is 8.11. The highest BCUT2D eigenvalue weighted by atomic mass is 19.1. The Balaban J connectivity index is 0.000000253. The maximum absolute atomic E-state index is 13.9. The van der Waals surface area contributed by atoms with Crippen LogP contribution in [-0.2, 0) is 4.79 Å². The first-order chi connectivity index (χ1) is 13.9. The average molecular weight is 395 g/mol. The number of amidine groups is 1. The van der Waals surface area contributed by atoms with Gasteiger partial charge in [0.25, 0.3) is 0 Å². The molecule has 0 radical (unpaired) electrons. The number of nitriles is 1. The van der Waals surface area contributed by atoms with Gasteiger partial charge in [-0.1, -0.05) is 6.92 Å². The molecule has 0 saturated heterocycles. The van der Waals surface area contributed by atoms with Gasteiger partial charge in [0.2, 0.25) is 6.41 Å². The number of carbonyl (C=O) groups excluding carboxylic acids is 1. The molecule has 1 aliphatic heterocycles. The van der Waals surface area contributed by atoms with Crippen LogP contribution < -0.4 is 11.1 Å². The van der Waals surface area contributed by atoms with Crippen molar-refractivity contribution in [3.05, 3.63) is 58.7 Å². The quantitative estimate of drug-likeness (QED) is 0.758. The summed E-state index contributed by atoms with van der Waals surface area (Å²) in [7, 11) is 0. The predicted molar refractivity (Wildman–Crippen MR) is 112 cm³/mol. The van der Waals surface area contributed by atoms with Gasteiger partial charge in [-0.25, -0.2) is 4.39 Å². The molecule has 152 valence electrons. The van der Waals surface area contributed by atoms with E-state index in [1.807, 2.05) is 26.0 Å². The molecule has 1 aromatic heterocycles. The fourth-order valence-electron chi connectivity index (χ4n) is 3.16. The van der Waals surface area contributed by atoms with Crippen molar-refractivity contribution in [2.75, 3.05) is 5.32 Å². The summed E-state index contributed by atoms with van der Waals surface area (Å²) in [5.74, 6) is 0.593. The average Bonchev–Trinajstić information content (AvgIpc) is 2.72. The van der Waals surface area contributed by atoms with Gasteiger partial charge >= 0.3 is 0 Å². The van der Waals surface area contributed by atoms with Crippen LogP contribution in [0.3, 0.4) is 0 Å². The number of carbonyl (C=O) groups is 1. The highest BCUT2D eigenvalue weighted by molar-refractivity contribution is 5.83. The molecule has 3 N–H and O–H groups in total. The van der Waals surface area contributed by atoms with Crippen LogP contribution in [0.2, 0.25) is 0 Å². The van der Waals surface area contributed by atoms with E-state index in [9.17, 15) is 9.18 Å². The lowest BCUT2D eigenvalue weighted by atomic mass is 9.90. The SMILES string of the molecule is CCC1CC[C@@H](c2cc(NC=O)ccc2F)N=C1N.Cc1cc(C#N)cnc1C. The van der Waals surface area contributed by atoms with Crippen molar-refractivity contribution in [3.8, 4) is 6.07 Å². The molecule has 1 aliphatic rings. The summed E-state index contributed by atoms with van der Waals surface area (Å²) in [6.45, 7) is 5.95. The molecule has 2 heterocycles. The highest BCUT2D eigenvalue weighted by Gasteiger charge is 2.24. The van der Waals surface area contributed by atoms with Crippen molar-refractivity contribution in [3.63, 3.8) is 0 Å². The smallest absolute Gasteiger partial charge is 0.211 e. The van der Waals surface area contributed by atoms with Gasteiger partial charge < -0.3 is 11.1 Å². The number of aliphatic imine (C=N–C) groups is 1. The Hall–Kier alpha value is -3.27. The van der Waals surface area contributed by atoms with Gasteiger partial charge in [-0.2, -0.15) is 5.26 Å². The zero-order valence-corrected chi connectivity index (χ0v) is 16.9. The van der Waals surface area contributed by atoms with E-state index >= 15 is 0 Å². The summed E-state index contributed by atoms with van der Waals surface area (Å²) in [6.07, 6.45) is 4.81. The Labute approximate surface area is 170 Å². The number of aryl methyl sites for hydroxylation is 2. The molecule has 3 rings (SSSR count). The first-order valence-corrected chi connectivity index (χ1v) is 9.55. The molecule has 0 bridgehead atoms. The van der Waals surface area contributed by atoms with Crippen LogP contribution >= 0.6 is 0 Å². The van der Waals surface area contributed by atoms with Gasteiger partial charge in [0.15, 0.2) is 0 Å². The summed E-state index contributed by atoms with van der Waals surface area (Å²) >= 11 is 0. The van der Waals surface area contributed by atoms with Crippen LogP contribution in [-0.4, -0.2) is 17.2 Å². The zero-order chi connectivity index (χ0) is 21.4. The molecule has 1 unspecified atom stereocenters. The van der Waals surface area contributed by atoms with E-state index in [1.165, 1.54) is 12.1 Å². The van der Waals surface area contributed by atoms with Crippen molar-refractivity contribution in [2.24, 2.45) is 16.6 Å². The molecule has 2 aromatic rings. The highest BCUT2D eigenvalue weighted by Crippen LogP contribution is 2.33. The van der Waals surface area contributed by atoms with Gasteiger partial charge in [0.05, 0.1) is 17.4 Å². The summed E-state index contributed by atoms with van der Waals surface area (Å²) in [5, 5.41) is 11.0. The minimum absolute atomic E-state index is 0.254. The minimum Gasteiger partial charge on any atom is -0.387 e. The molecule has 0 aliphatic carbocycles. The lowest BCUT2D eigenvalue weighted by molar-refractivity contribution is -0.105. The van der Waals surface area contributed by atoms with Crippen LogP contribution in [0.15, 0.2) is 35.5 Å². The van der Waals surface area contributed by atoms with Crippen LogP contribution in [0.4, 0.5) is 10.1 Å². The van der Waals surface area contributed by atoms with E-state index in [1.54, 1.807) is 12.3 Å². The fourth-order valence-corrected chi connectivity index (χ4v) is 3.16. The number of rotatable bonds is 4. The number of amides is 1. The standard InChI is InChI=1S/C14H18FN3O.C8H8N2/c1-2-9-3-6-13(18-14(9)16)11-7-10(17-8-19)4-5-12(11)15;1-6-3-8(4-9)5-10-7(6)2/h4-5,7-9,13H,2-3,6H2,1H3,(H2,16,18)(H,17,19);3,5H,1-2H3/t9?,13-;/m0./s1. The zero-order valence-electron chi connectivity index (χ0n) is 16.9. The number of anilines is 1. The number of nitrogens with two attached hydrogens (primary N) is 1. The number of pyridine rings is 1. The number of benzene rings is 1. The van der Waals surface area contributed by atoms with Crippen LogP contribution in [0, 0.1) is 36.9 Å². The normalized spacial score (nSPS) is 18.0. The topological polar surface area (TPSA) is 104 Å². The second-order valence-corrected chi connectivity index (χ2v) is 6.99. The Morgan fingerprint density at radius 3 is 2.69 bits per heavy atom. The maximum Gasteiger partial charge on any atom is 0.211 e. The fraction of sp³-hybridized carbons (Fsp3) is 0.364. The number of nitrogens with one attached hydrogen (secondary N) is 1. The number of aromatic nitrogens is 1. The largest absolute Gasteiger partial charge is 0.387 e. The van der Waals surface area contributed by atoms with E-state index in [2.05, 4.69) is 22.2 Å². The Bertz CT molecular complexity index is 935. The Morgan fingerprint density at radius 1 is 1.34 bits per heavy atom. The number of hydrogen-bond donors (Lipinski definition) is 2. The van der Waals surface area contributed by atoms with E-state index in [0.29, 0.717) is 35.0 Å². The van der Waals surface area contributed by atoms with Crippen molar-refractivity contribution in [2.45, 2.75) is 46.1 Å². The molecule has 7 heteroatoms. The molecule has 6 nitrogen and oxygen atoms in total. The van der Waals surface area contributed by atoms with E-state index < -0.39 is 0 Å². The third-order valence-corrected chi connectivity index (χ3v) is 5.05. The lowest BCUT2D eigenvalue weighted by Crippen LogP contribution is -2.28. The van der Waals surface area contributed by atoms with Crippen molar-refractivity contribution in [1.29, 1.82) is 5.26 Å². The molecule has 0 saturated carbocycles. The molecule has 1 aromatic carbocycles. The molecule has 0 fully saturated rings.